The smallest absolute Gasteiger partial charge is 0.265 e. The molecule has 2 aliphatic rings. The van der Waals surface area contributed by atoms with Crippen LogP contribution in [0.25, 0.3) is 0 Å². The van der Waals surface area contributed by atoms with Gasteiger partial charge < -0.3 is 20.7 Å². The zero-order valence-corrected chi connectivity index (χ0v) is 18.2. The molecule has 7 nitrogen and oxygen atoms in total. The molecular weight excluding hydrogens is 406 g/mol. The molecule has 1 aromatic rings. The number of anilines is 2. The van der Waals surface area contributed by atoms with Gasteiger partial charge in [0.05, 0.1) is 6.61 Å². The van der Waals surface area contributed by atoms with Crippen LogP contribution in [0.2, 0.25) is 0 Å². The lowest BCUT2D eigenvalue weighted by Gasteiger charge is -2.32. The van der Waals surface area contributed by atoms with Gasteiger partial charge in [0, 0.05) is 43.1 Å². The van der Waals surface area contributed by atoms with Gasteiger partial charge in [0.15, 0.2) is 0 Å². The number of nitrogens with zero attached hydrogens (tertiary/aromatic N) is 2. The fourth-order valence-electron chi connectivity index (χ4n) is 3.87. The molecule has 31 heavy (non-hydrogen) atoms. The van der Waals surface area contributed by atoms with Gasteiger partial charge in [-0.3, -0.25) is 14.5 Å². The average molecular weight is 439 g/mol. The molecule has 1 saturated carbocycles. The maximum Gasteiger partial charge on any atom is 0.265 e. The Hall–Kier alpha value is -2.10. The molecule has 1 atom stereocenters. The topological polar surface area (TPSA) is 87.9 Å². The van der Waals surface area contributed by atoms with Crippen LogP contribution in [0, 0.1) is 11.8 Å². The van der Waals surface area contributed by atoms with E-state index in [-0.39, 0.29) is 36.2 Å². The molecule has 172 valence electrons. The van der Waals surface area contributed by atoms with Crippen molar-refractivity contribution in [3.63, 3.8) is 0 Å². The molecule has 0 bridgehead atoms. The van der Waals surface area contributed by atoms with Crippen molar-refractivity contribution >= 4 is 23.2 Å². The summed E-state index contributed by atoms with van der Waals surface area (Å²) in [7, 11) is 0. The lowest BCUT2D eigenvalue weighted by atomic mass is 10.1. The van der Waals surface area contributed by atoms with Gasteiger partial charge in [-0.15, -0.1) is 0 Å². The number of carbonyl (C=O) groups is 2. The van der Waals surface area contributed by atoms with Gasteiger partial charge in [0.1, 0.15) is 12.6 Å². The Balaban J connectivity index is 1.78. The van der Waals surface area contributed by atoms with Gasteiger partial charge in [-0.1, -0.05) is 13.8 Å². The third kappa shape index (κ3) is 6.21. The van der Waals surface area contributed by atoms with Crippen molar-refractivity contribution < 1.29 is 23.1 Å². The van der Waals surface area contributed by atoms with Crippen LogP contribution >= 0.6 is 0 Å². The summed E-state index contributed by atoms with van der Waals surface area (Å²) >= 11 is 0. The summed E-state index contributed by atoms with van der Waals surface area (Å²) in [4.78, 5) is 28.6. The fourth-order valence-corrected chi connectivity index (χ4v) is 3.87. The van der Waals surface area contributed by atoms with Crippen molar-refractivity contribution in [2.45, 2.75) is 39.2 Å². The first kappa shape index (κ1) is 23.6. The van der Waals surface area contributed by atoms with Gasteiger partial charge >= 0.3 is 0 Å². The first-order valence-electron chi connectivity index (χ1n) is 10.8. The van der Waals surface area contributed by atoms with E-state index in [1.54, 1.807) is 6.07 Å². The first-order chi connectivity index (χ1) is 14.8. The van der Waals surface area contributed by atoms with Gasteiger partial charge in [0.25, 0.3) is 12.3 Å². The molecule has 2 amide bonds. The largest absolute Gasteiger partial charge is 0.370 e. The van der Waals surface area contributed by atoms with E-state index in [0.29, 0.717) is 37.2 Å². The minimum absolute atomic E-state index is 0.0406. The first-order valence-corrected chi connectivity index (χ1v) is 10.8. The van der Waals surface area contributed by atoms with E-state index in [2.05, 4.69) is 24.1 Å². The zero-order chi connectivity index (χ0) is 22.5. The number of halogens is 2. The second kappa shape index (κ2) is 10.5. The highest BCUT2D eigenvalue weighted by Crippen LogP contribution is 2.33. The van der Waals surface area contributed by atoms with Crippen LogP contribution in [0.3, 0.4) is 0 Å². The summed E-state index contributed by atoms with van der Waals surface area (Å²) in [6.45, 7) is 6.33. The summed E-state index contributed by atoms with van der Waals surface area (Å²) in [5.41, 5.74) is 6.02. The number of alkyl halides is 2. The van der Waals surface area contributed by atoms with Crippen LogP contribution < -0.4 is 16.0 Å². The van der Waals surface area contributed by atoms with Crippen LogP contribution in [-0.4, -0.2) is 62.1 Å². The van der Waals surface area contributed by atoms with Crippen molar-refractivity contribution in [2.24, 2.45) is 17.6 Å². The maximum atomic E-state index is 13.8. The van der Waals surface area contributed by atoms with Gasteiger partial charge in [-0.25, -0.2) is 8.78 Å². The van der Waals surface area contributed by atoms with Gasteiger partial charge in [-0.2, -0.15) is 0 Å². The molecule has 3 rings (SSSR count). The minimum Gasteiger partial charge on any atom is -0.370 e. The van der Waals surface area contributed by atoms with Crippen LogP contribution in [-0.2, 0) is 14.3 Å². The summed E-state index contributed by atoms with van der Waals surface area (Å²) in [6, 6.07) is 3.67. The number of ether oxygens (including phenoxy) is 1. The van der Waals surface area contributed by atoms with Crippen molar-refractivity contribution in [3.05, 3.63) is 23.8 Å². The SMILES string of the molecule is CC(C)CN(CC1CC1)[C@H](CN)C(=O)Nc1ccc(N2CCOCC2=O)cc1C(F)F. The number of rotatable bonds is 10. The summed E-state index contributed by atoms with van der Waals surface area (Å²) < 4.78 is 32.7. The van der Waals surface area contributed by atoms with E-state index in [4.69, 9.17) is 10.5 Å². The molecule has 9 heteroatoms. The van der Waals surface area contributed by atoms with Crippen LogP contribution in [0.4, 0.5) is 20.2 Å². The van der Waals surface area contributed by atoms with Crippen LogP contribution in [0.5, 0.6) is 0 Å². The van der Waals surface area contributed by atoms with E-state index in [0.717, 1.165) is 19.4 Å². The third-order valence-electron chi connectivity index (χ3n) is 5.58. The van der Waals surface area contributed by atoms with Crippen molar-refractivity contribution in [2.75, 3.05) is 49.6 Å². The highest BCUT2D eigenvalue weighted by molar-refractivity contribution is 5.97. The van der Waals surface area contributed by atoms with Crippen molar-refractivity contribution in [1.29, 1.82) is 0 Å². The number of morpholine rings is 1. The monoisotopic (exact) mass is 438 g/mol. The lowest BCUT2D eigenvalue weighted by Crippen LogP contribution is -2.50. The molecule has 3 N–H and O–H groups in total. The number of hydrogen-bond acceptors (Lipinski definition) is 5. The second-order valence-electron chi connectivity index (χ2n) is 8.70. The Kier molecular flexibility index (Phi) is 7.96. The third-order valence-corrected chi connectivity index (χ3v) is 5.58. The molecule has 0 radical (unpaired) electrons. The lowest BCUT2D eigenvalue weighted by molar-refractivity contribution is -0.125. The standard InChI is InChI=1S/C22H32F2N4O3/c1-14(2)11-27(12-15-3-4-15)19(10-25)22(30)26-18-6-5-16(9-17(18)21(23)24)28-7-8-31-13-20(28)29/h5-6,9,14-15,19,21H,3-4,7-8,10-13,25H2,1-2H3,(H,26,30)/t19-/m1/s1. The molecule has 0 aromatic heterocycles. The van der Waals surface area contributed by atoms with E-state index in [1.807, 2.05) is 0 Å². The number of amides is 2. The molecule has 1 aromatic carbocycles. The van der Waals surface area contributed by atoms with E-state index in [1.165, 1.54) is 17.0 Å². The quantitative estimate of drug-likeness (QED) is 0.586. The Morgan fingerprint density at radius 2 is 2.10 bits per heavy atom. The fraction of sp³-hybridized carbons (Fsp3) is 0.636. The number of benzene rings is 1. The number of carbonyl (C=O) groups excluding carboxylic acids is 2. The number of nitrogens with one attached hydrogen (secondary N) is 1. The molecule has 1 aliphatic carbocycles. The van der Waals surface area contributed by atoms with E-state index in [9.17, 15) is 18.4 Å². The summed E-state index contributed by atoms with van der Waals surface area (Å²) in [5.74, 6) is 0.252. The molecule has 1 saturated heterocycles. The van der Waals surface area contributed by atoms with Crippen LogP contribution in [0.15, 0.2) is 18.2 Å². The Morgan fingerprint density at radius 1 is 1.35 bits per heavy atom. The molecule has 1 heterocycles. The normalized spacial score (nSPS) is 18.2. The van der Waals surface area contributed by atoms with Crippen LogP contribution in [0.1, 0.15) is 38.7 Å². The summed E-state index contributed by atoms with van der Waals surface area (Å²) in [6.07, 6.45) is -0.517. The molecule has 0 unspecified atom stereocenters. The van der Waals surface area contributed by atoms with E-state index >= 15 is 0 Å². The Labute approximate surface area is 181 Å². The Bertz CT molecular complexity index is 782. The highest BCUT2D eigenvalue weighted by Gasteiger charge is 2.32. The number of hydrogen-bond donors (Lipinski definition) is 2. The predicted molar refractivity (Wildman–Crippen MR) is 115 cm³/mol. The molecular formula is C22H32F2N4O3. The van der Waals surface area contributed by atoms with Crippen molar-refractivity contribution in [3.8, 4) is 0 Å². The molecule has 2 fully saturated rings. The zero-order valence-electron chi connectivity index (χ0n) is 18.2. The van der Waals surface area contributed by atoms with Gasteiger partial charge in [0.2, 0.25) is 5.91 Å². The average Bonchev–Trinajstić information content (AvgIpc) is 3.52. The summed E-state index contributed by atoms with van der Waals surface area (Å²) in [5, 5.41) is 2.66. The second-order valence-corrected chi connectivity index (χ2v) is 8.70. The highest BCUT2D eigenvalue weighted by atomic mass is 19.3. The molecule has 1 aliphatic heterocycles. The number of nitrogens with two attached hydrogens (primary N) is 1. The van der Waals surface area contributed by atoms with Gasteiger partial charge in [-0.05, 0) is 42.9 Å². The predicted octanol–water partition coefficient (Wildman–Crippen LogP) is 2.62. The van der Waals surface area contributed by atoms with E-state index < -0.39 is 12.5 Å². The maximum absolute atomic E-state index is 13.8. The minimum atomic E-state index is -2.80. The van der Waals surface area contributed by atoms with Crippen molar-refractivity contribution in [1.82, 2.24) is 4.90 Å². The Morgan fingerprint density at radius 3 is 2.68 bits per heavy atom. The molecule has 0 spiro atoms.